The minimum absolute atomic E-state index is 0.167. The van der Waals surface area contributed by atoms with Crippen LogP contribution in [0, 0.1) is 6.08 Å². The zero-order chi connectivity index (χ0) is 18.0. The van der Waals surface area contributed by atoms with Crippen LogP contribution in [0.2, 0.25) is 0 Å². The average molecular weight is 367 g/mol. The molecule has 1 aromatic carbocycles. The first-order valence-corrected chi connectivity index (χ1v) is 8.71. The van der Waals surface area contributed by atoms with E-state index in [9.17, 15) is 4.39 Å². The fourth-order valence-electron chi connectivity index (χ4n) is 3.75. The molecule has 27 heavy (non-hydrogen) atoms. The molecule has 136 valence electrons. The number of anilines is 2. The van der Waals surface area contributed by atoms with Gasteiger partial charge < -0.3 is 9.26 Å². The van der Waals surface area contributed by atoms with Crippen molar-refractivity contribution in [3.63, 3.8) is 0 Å². The molecule has 0 radical (unpaired) electrons. The van der Waals surface area contributed by atoms with Crippen molar-refractivity contribution in [2.45, 2.75) is 18.9 Å². The summed E-state index contributed by atoms with van der Waals surface area (Å²) in [5.41, 5.74) is 1.51. The second kappa shape index (κ2) is 5.36. The first-order chi connectivity index (χ1) is 13.3. The van der Waals surface area contributed by atoms with Crippen molar-refractivity contribution in [3.8, 4) is 5.69 Å². The molecule has 0 N–H and O–H groups in total. The van der Waals surface area contributed by atoms with E-state index in [0.29, 0.717) is 42.5 Å². The van der Waals surface area contributed by atoms with Crippen molar-refractivity contribution in [2.24, 2.45) is 4.99 Å². The second-order valence-electron chi connectivity index (χ2n) is 6.51. The summed E-state index contributed by atoms with van der Waals surface area (Å²) >= 11 is 0. The molecular weight excluding hydrogens is 353 g/mol. The zero-order valence-corrected chi connectivity index (χ0v) is 14.1. The Morgan fingerprint density at radius 1 is 1.22 bits per heavy atom. The molecule has 5 heterocycles. The van der Waals surface area contributed by atoms with Crippen molar-refractivity contribution >= 4 is 17.6 Å². The Morgan fingerprint density at radius 3 is 3.04 bits per heavy atom. The molecule has 0 spiro atoms. The number of amidine groups is 1. The number of rotatable bonds is 2. The molecule has 6 rings (SSSR count). The first kappa shape index (κ1) is 14.9. The minimum atomic E-state index is -0.587. The third-order valence-corrected chi connectivity index (χ3v) is 4.97. The lowest BCUT2D eigenvalue weighted by atomic mass is 10.1. The van der Waals surface area contributed by atoms with Gasteiger partial charge in [-0.05, 0) is 30.1 Å². The SMILES string of the molecule is Fc1ncc2n1-c1ccccc1C1=NCN(c3noc(C4CCCO4)n3)N12. The fourth-order valence-corrected chi connectivity index (χ4v) is 3.75. The number of hydrazine groups is 1. The standard InChI is InChI=1S/C17H14FN7O2/c18-16-19-8-13-24(16)11-5-2-1-4-10(11)14-20-9-23(25(13)14)17-21-15(27-22-17)12-6-3-7-26-12/h1-2,4-5,8,12H,3,6-7,9H2. The van der Waals surface area contributed by atoms with E-state index < -0.39 is 6.08 Å². The van der Waals surface area contributed by atoms with E-state index in [4.69, 9.17) is 9.26 Å². The van der Waals surface area contributed by atoms with Crippen molar-refractivity contribution in [1.82, 2.24) is 19.7 Å². The van der Waals surface area contributed by atoms with Crippen LogP contribution < -0.4 is 10.0 Å². The molecule has 2 aromatic heterocycles. The molecule has 0 amide bonds. The van der Waals surface area contributed by atoms with Crippen LogP contribution in [-0.4, -0.2) is 38.8 Å². The summed E-state index contributed by atoms with van der Waals surface area (Å²) in [4.78, 5) is 13.0. The highest BCUT2D eigenvalue weighted by Crippen LogP contribution is 2.37. The van der Waals surface area contributed by atoms with Crippen LogP contribution >= 0.6 is 0 Å². The van der Waals surface area contributed by atoms with Gasteiger partial charge in [-0.1, -0.05) is 12.1 Å². The largest absolute Gasteiger partial charge is 0.368 e. The van der Waals surface area contributed by atoms with Crippen LogP contribution in [0.25, 0.3) is 5.69 Å². The number of benzene rings is 1. The normalized spacial score (nSPS) is 20.5. The highest BCUT2D eigenvalue weighted by Gasteiger charge is 2.39. The topological polar surface area (TPSA) is 84.8 Å². The van der Waals surface area contributed by atoms with Gasteiger partial charge in [-0.15, -0.1) is 0 Å². The van der Waals surface area contributed by atoms with Gasteiger partial charge in [0.15, 0.2) is 11.7 Å². The molecule has 0 bridgehead atoms. The Kier molecular flexibility index (Phi) is 2.95. The highest BCUT2D eigenvalue weighted by molar-refractivity contribution is 6.16. The molecule has 1 saturated heterocycles. The van der Waals surface area contributed by atoms with Gasteiger partial charge in [0.1, 0.15) is 12.8 Å². The Bertz CT molecular complexity index is 1070. The number of para-hydroxylation sites is 1. The summed E-state index contributed by atoms with van der Waals surface area (Å²) in [5.74, 6) is 2.03. The zero-order valence-electron chi connectivity index (χ0n) is 14.1. The van der Waals surface area contributed by atoms with Crippen LogP contribution in [0.3, 0.4) is 0 Å². The highest BCUT2D eigenvalue weighted by atomic mass is 19.1. The van der Waals surface area contributed by atoms with E-state index in [-0.39, 0.29) is 6.10 Å². The first-order valence-electron chi connectivity index (χ1n) is 8.71. The lowest BCUT2D eigenvalue weighted by Crippen LogP contribution is -2.46. The third-order valence-electron chi connectivity index (χ3n) is 4.97. The number of aromatic nitrogens is 4. The number of hydrogen-bond acceptors (Lipinski definition) is 8. The lowest BCUT2D eigenvalue weighted by molar-refractivity contribution is 0.0835. The van der Waals surface area contributed by atoms with Crippen LogP contribution in [0.4, 0.5) is 16.2 Å². The Balaban J connectivity index is 1.44. The maximum atomic E-state index is 14.4. The number of hydrogen-bond donors (Lipinski definition) is 0. The summed E-state index contributed by atoms with van der Waals surface area (Å²) in [6, 6.07) is 7.50. The van der Waals surface area contributed by atoms with E-state index in [1.54, 1.807) is 10.0 Å². The molecule has 0 aliphatic carbocycles. The van der Waals surface area contributed by atoms with E-state index in [0.717, 1.165) is 18.4 Å². The molecule has 1 fully saturated rings. The van der Waals surface area contributed by atoms with Crippen molar-refractivity contribution in [3.05, 3.63) is 48.0 Å². The van der Waals surface area contributed by atoms with Gasteiger partial charge in [0.25, 0.3) is 17.9 Å². The smallest absolute Gasteiger partial charge is 0.295 e. The monoisotopic (exact) mass is 367 g/mol. The fraction of sp³-hybridized carbons (Fsp3) is 0.294. The Hall–Kier alpha value is -3.27. The van der Waals surface area contributed by atoms with Gasteiger partial charge >= 0.3 is 0 Å². The van der Waals surface area contributed by atoms with Gasteiger partial charge in [0.2, 0.25) is 0 Å². The minimum Gasteiger partial charge on any atom is -0.368 e. The lowest BCUT2D eigenvalue weighted by Gasteiger charge is -2.33. The molecular formula is C17H14FN7O2. The molecule has 0 saturated carbocycles. The molecule has 3 aromatic rings. The maximum absolute atomic E-state index is 14.4. The Morgan fingerprint density at radius 2 is 2.15 bits per heavy atom. The Labute approximate surface area is 152 Å². The van der Waals surface area contributed by atoms with E-state index in [1.165, 1.54) is 10.8 Å². The van der Waals surface area contributed by atoms with Gasteiger partial charge in [-0.3, -0.25) is 4.57 Å². The van der Waals surface area contributed by atoms with Crippen molar-refractivity contribution < 1.29 is 13.7 Å². The number of ether oxygens (including phenoxy) is 1. The summed E-state index contributed by atoms with van der Waals surface area (Å²) in [7, 11) is 0. The molecule has 1 unspecified atom stereocenters. The average Bonchev–Trinajstić information content (AvgIpc) is 3.46. The number of halogens is 1. The number of fused-ring (bicyclic) bond motifs is 6. The molecule has 3 aliphatic rings. The van der Waals surface area contributed by atoms with Gasteiger partial charge in [-0.2, -0.15) is 9.37 Å². The molecule has 10 heteroatoms. The number of aliphatic imine (C=N–C) groups is 1. The summed E-state index contributed by atoms with van der Waals surface area (Å²) in [6.07, 6.45) is 2.55. The van der Waals surface area contributed by atoms with Crippen molar-refractivity contribution in [2.75, 3.05) is 23.3 Å². The van der Waals surface area contributed by atoms with Crippen LogP contribution in [0.5, 0.6) is 0 Å². The predicted molar refractivity (Wildman–Crippen MR) is 92.1 cm³/mol. The van der Waals surface area contributed by atoms with Crippen LogP contribution in [-0.2, 0) is 4.74 Å². The van der Waals surface area contributed by atoms with Gasteiger partial charge in [-0.25, -0.2) is 20.0 Å². The van der Waals surface area contributed by atoms with E-state index >= 15 is 0 Å². The van der Waals surface area contributed by atoms with Gasteiger partial charge in [0, 0.05) is 12.2 Å². The third kappa shape index (κ3) is 2.01. The maximum Gasteiger partial charge on any atom is 0.295 e. The summed E-state index contributed by atoms with van der Waals surface area (Å²) < 4.78 is 26.9. The predicted octanol–water partition coefficient (Wildman–Crippen LogP) is 2.21. The van der Waals surface area contributed by atoms with E-state index in [2.05, 4.69) is 20.1 Å². The quantitative estimate of drug-likeness (QED) is 0.686. The van der Waals surface area contributed by atoms with Crippen LogP contribution in [0.15, 0.2) is 40.0 Å². The van der Waals surface area contributed by atoms with Gasteiger partial charge in [0.05, 0.1) is 11.9 Å². The van der Waals surface area contributed by atoms with Crippen LogP contribution in [0.1, 0.15) is 30.4 Å². The molecule has 1 atom stereocenters. The molecule has 3 aliphatic heterocycles. The van der Waals surface area contributed by atoms with E-state index in [1.807, 2.05) is 24.3 Å². The summed E-state index contributed by atoms with van der Waals surface area (Å²) in [5, 5.41) is 7.59. The second-order valence-corrected chi connectivity index (χ2v) is 6.51. The van der Waals surface area contributed by atoms with Crippen molar-refractivity contribution in [1.29, 1.82) is 0 Å². The molecule has 9 nitrogen and oxygen atoms in total. The number of imidazole rings is 1. The summed E-state index contributed by atoms with van der Waals surface area (Å²) in [6.45, 7) is 0.988. The number of nitrogens with zero attached hydrogens (tertiary/aromatic N) is 7.